The predicted molar refractivity (Wildman–Crippen MR) is 108 cm³/mol. The molecule has 2 aromatic rings. The van der Waals surface area contributed by atoms with Crippen LogP contribution >= 0.6 is 11.3 Å². The van der Waals surface area contributed by atoms with Crippen LogP contribution in [0.4, 0.5) is 13.2 Å². The normalized spacial score (nSPS) is 17.6. The average molecular weight is 461 g/mol. The average Bonchev–Trinajstić information content (AvgIpc) is 3.26. The molecule has 1 aromatic carbocycles. The zero-order valence-corrected chi connectivity index (χ0v) is 18.2. The number of amides is 1. The third kappa shape index (κ3) is 4.70. The zero-order valence-electron chi connectivity index (χ0n) is 16.6. The molecule has 1 amide bonds. The van der Waals surface area contributed by atoms with Gasteiger partial charge in [-0.2, -0.15) is 17.5 Å². The second-order valence-electron chi connectivity index (χ2n) is 7.34. The number of nitrogens with zero attached hydrogens (tertiary/aromatic N) is 2. The summed E-state index contributed by atoms with van der Waals surface area (Å²) >= 11 is 1.57. The van der Waals surface area contributed by atoms with Crippen molar-refractivity contribution < 1.29 is 26.4 Å². The third-order valence-electron chi connectivity index (χ3n) is 5.49. The molecule has 1 saturated heterocycles. The van der Waals surface area contributed by atoms with Gasteiger partial charge >= 0.3 is 6.18 Å². The smallest absolute Gasteiger partial charge is 0.338 e. The van der Waals surface area contributed by atoms with Crippen LogP contribution in [0.1, 0.15) is 36.2 Å². The Labute approximate surface area is 178 Å². The monoisotopic (exact) mass is 460 g/mol. The van der Waals surface area contributed by atoms with Crippen LogP contribution in [0.5, 0.6) is 0 Å². The number of sulfonamides is 1. The van der Waals surface area contributed by atoms with E-state index < -0.39 is 21.8 Å². The molecule has 1 aliphatic heterocycles. The largest absolute Gasteiger partial charge is 0.416 e. The number of rotatable bonds is 5. The zero-order chi connectivity index (χ0) is 22.1. The maximum atomic E-state index is 12.9. The number of halogens is 3. The van der Waals surface area contributed by atoms with E-state index in [4.69, 9.17) is 0 Å². The van der Waals surface area contributed by atoms with Crippen LogP contribution in [0.3, 0.4) is 0 Å². The van der Waals surface area contributed by atoms with Crippen molar-refractivity contribution in [2.75, 3.05) is 20.1 Å². The Hall–Kier alpha value is -1.91. The first kappa shape index (κ1) is 22.8. The summed E-state index contributed by atoms with van der Waals surface area (Å²) in [4.78, 5) is 15.2. The summed E-state index contributed by atoms with van der Waals surface area (Å²) < 4.78 is 65.6. The van der Waals surface area contributed by atoms with Crippen molar-refractivity contribution in [1.82, 2.24) is 9.21 Å². The molecule has 0 aliphatic carbocycles. The molecule has 30 heavy (non-hydrogen) atoms. The number of benzene rings is 1. The Morgan fingerprint density at radius 1 is 1.20 bits per heavy atom. The standard InChI is InChI=1S/C20H23F3N2O3S2/c1-14(18-7-4-12-29-18)24(2)19(26)15-8-10-25(11-9-15)30(27,28)17-6-3-5-16(13-17)20(21,22)23/h3-7,12-15H,8-11H2,1-2H3. The molecule has 0 radical (unpaired) electrons. The lowest BCUT2D eigenvalue weighted by Gasteiger charge is -2.34. The molecule has 0 bridgehead atoms. The highest BCUT2D eigenvalue weighted by Gasteiger charge is 2.36. The van der Waals surface area contributed by atoms with Crippen molar-refractivity contribution in [3.63, 3.8) is 0 Å². The summed E-state index contributed by atoms with van der Waals surface area (Å²) in [7, 11) is -2.32. The van der Waals surface area contributed by atoms with Crippen LogP contribution in [-0.4, -0.2) is 43.7 Å². The van der Waals surface area contributed by atoms with Crippen molar-refractivity contribution in [2.45, 2.75) is 36.9 Å². The first-order valence-electron chi connectivity index (χ1n) is 9.49. The van der Waals surface area contributed by atoms with E-state index in [1.54, 1.807) is 23.3 Å². The van der Waals surface area contributed by atoms with Crippen molar-refractivity contribution in [3.05, 3.63) is 52.2 Å². The molecular weight excluding hydrogens is 437 g/mol. The van der Waals surface area contributed by atoms with Gasteiger partial charge in [0.15, 0.2) is 0 Å². The summed E-state index contributed by atoms with van der Waals surface area (Å²) in [5, 5.41) is 1.95. The minimum atomic E-state index is -4.62. The summed E-state index contributed by atoms with van der Waals surface area (Å²) in [5.41, 5.74) is -1.00. The van der Waals surface area contributed by atoms with Crippen molar-refractivity contribution in [1.29, 1.82) is 0 Å². The molecule has 10 heteroatoms. The molecule has 164 valence electrons. The Morgan fingerprint density at radius 2 is 1.87 bits per heavy atom. The molecule has 0 N–H and O–H groups in total. The fourth-order valence-corrected chi connectivity index (χ4v) is 5.87. The van der Waals surface area contributed by atoms with Crippen LogP contribution < -0.4 is 0 Å². The first-order valence-corrected chi connectivity index (χ1v) is 11.8. The number of carbonyl (C=O) groups is 1. The van der Waals surface area contributed by atoms with E-state index in [0.717, 1.165) is 27.4 Å². The van der Waals surface area contributed by atoms with E-state index in [-0.39, 0.29) is 35.9 Å². The third-order valence-corrected chi connectivity index (χ3v) is 8.42. The van der Waals surface area contributed by atoms with E-state index >= 15 is 0 Å². The fourth-order valence-electron chi connectivity index (χ4n) is 3.52. The quantitative estimate of drug-likeness (QED) is 0.665. The SMILES string of the molecule is CC(c1cccs1)N(C)C(=O)C1CCN(S(=O)(=O)c2cccc(C(F)(F)F)c2)CC1. The van der Waals surface area contributed by atoms with E-state index in [2.05, 4.69) is 0 Å². The number of thiophene rings is 1. The molecule has 3 rings (SSSR count). The highest BCUT2D eigenvalue weighted by atomic mass is 32.2. The van der Waals surface area contributed by atoms with Crippen molar-refractivity contribution in [3.8, 4) is 0 Å². The van der Waals surface area contributed by atoms with Gasteiger partial charge in [0.2, 0.25) is 15.9 Å². The second kappa shape index (κ2) is 8.68. The van der Waals surface area contributed by atoms with Gasteiger partial charge in [0, 0.05) is 30.9 Å². The molecule has 1 aromatic heterocycles. The number of alkyl halides is 3. The van der Waals surface area contributed by atoms with Gasteiger partial charge < -0.3 is 4.90 Å². The first-order chi connectivity index (χ1) is 14.0. The Balaban J connectivity index is 1.67. The lowest BCUT2D eigenvalue weighted by atomic mass is 9.96. The van der Waals surface area contributed by atoms with Gasteiger partial charge in [-0.3, -0.25) is 4.79 Å². The maximum Gasteiger partial charge on any atom is 0.416 e. The molecule has 1 fully saturated rings. The van der Waals surface area contributed by atoms with Crippen LogP contribution in [0.2, 0.25) is 0 Å². The van der Waals surface area contributed by atoms with Crippen LogP contribution in [0.15, 0.2) is 46.7 Å². The molecule has 5 nitrogen and oxygen atoms in total. The predicted octanol–water partition coefficient (Wildman–Crippen LogP) is 4.39. The van der Waals surface area contributed by atoms with Crippen LogP contribution in [-0.2, 0) is 21.0 Å². The van der Waals surface area contributed by atoms with Gasteiger partial charge in [0.1, 0.15) is 0 Å². The van der Waals surface area contributed by atoms with Crippen LogP contribution in [0, 0.1) is 5.92 Å². The lowest BCUT2D eigenvalue weighted by molar-refractivity contribution is -0.138. The van der Waals surface area contributed by atoms with Gasteiger partial charge in [-0.05, 0) is 49.4 Å². The number of carbonyl (C=O) groups excluding carboxylic acids is 1. The van der Waals surface area contributed by atoms with Gasteiger partial charge in [0.05, 0.1) is 16.5 Å². The van der Waals surface area contributed by atoms with Crippen molar-refractivity contribution in [2.24, 2.45) is 5.92 Å². The fraction of sp³-hybridized carbons (Fsp3) is 0.450. The van der Waals surface area contributed by atoms with Crippen molar-refractivity contribution >= 4 is 27.3 Å². The van der Waals surface area contributed by atoms with E-state index in [0.29, 0.717) is 18.9 Å². The molecule has 1 aliphatic rings. The summed E-state index contributed by atoms with van der Waals surface area (Å²) in [6.07, 6.45) is -3.95. The Bertz CT molecular complexity index is 983. The topological polar surface area (TPSA) is 57.7 Å². The maximum absolute atomic E-state index is 12.9. The highest BCUT2D eigenvalue weighted by molar-refractivity contribution is 7.89. The number of piperidine rings is 1. The van der Waals surface area contributed by atoms with Gasteiger partial charge in [-0.15, -0.1) is 11.3 Å². The Kier molecular flexibility index (Phi) is 6.59. The molecular formula is C20H23F3N2O3S2. The summed E-state index contributed by atoms with van der Waals surface area (Å²) in [6.45, 7) is 2.13. The molecule has 0 saturated carbocycles. The molecule has 1 unspecified atom stereocenters. The minimum Gasteiger partial charge on any atom is -0.338 e. The van der Waals surface area contributed by atoms with Crippen LogP contribution in [0.25, 0.3) is 0 Å². The van der Waals surface area contributed by atoms with E-state index in [1.807, 2.05) is 24.4 Å². The molecule has 0 spiro atoms. The number of hydrogen-bond donors (Lipinski definition) is 0. The van der Waals surface area contributed by atoms with Gasteiger partial charge in [0.25, 0.3) is 0 Å². The number of hydrogen-bond acceptors (Lipinski definition) is 4. The van der Waals surface area contributed by atoms with E-state index in [9.17, 15) is 26.4 Å². The minimum absolute atomic E-state index is 0.0491. The molecule has 2 heterocycles. The second-order valence-corrected chi connectivity index (χ2v) is 10.3. The summed E-state index contributed by atoms with van der Waals surface area (Å²) in [5.74, 6) is -0.364. The summed E-state index contributed by atoms with van der Waals surface area (Å²) in [6, 6.07) is 7.56. The van der Waals surface area contributed by atoms with Gasteiger partial charge in [-0.1, -0.05) is 12.1 Å². The molecule has 1 atom stereocenters. The van der Waals surface area contributed by atoms with E-state index in [1.165, 1.54) is 0 Å². The van der Waals surface area contributed by atoms with Gasteiger partial charge in [-0.25, -0.2) is 8.42 Å². The highest BCUT2D eigenvalue weighted by Crippen LogP contribution is 2.33. The lowest BCUT2D eigenvalue weighted by Crippen LogP contribution is -2.43. The Morgan fingerprint density at radius 3 is 2.43 bits per heavy atom.